The highest BCUT2D eigenvalue weighted by Crippen LogP contribution is 2.28. The number of nitrogens with one attached hydrogen (secondary N) is 1. The van der Waals surface area contributed by atoms with Gasteiger partial charge in [0.25, 0.3) is 5.91 Å². The molecular formula is C17H18F2N2O4. The first-order valence-corrected chi connectivity index (χ1v) is 7.84. The van der Waals surface area contributed by atoms with Gasteiger partial charge in [-0.1, -0.05) is 12.1 Å². The van der Waals surface area contributed by atoms with Crippen molar-refractivity contribution in [1.29, 1.82) is 5.26 Å². The minimum atomic E-state index is -2.91. The van der Waals surface area contributed by atoms with Crippen molar-refractivity contribution in [2.24, 2.45) is 0 Å². The van der Waals surface area contributed by atoms with Crippen LogP contribution >= 0.6 is 0 Å². The number of rotatable bonds is 7. The number of alkyl halides is 2. The molecule has 0 bridgehead atoms. The SMILES string of the molecule is N#CC1(NC(=O)COC(=O)Cc2ccc(OC(F)F)cc2)CCCC1. The lowest BCUT2D eigenvalue weighted by Gasteiger charge is -2.21. The van der Waals surface area contributed by atoms with E-state index in [2.05, 4.69) is 16.1 Å². The van der Waals surface area contributed by atoms with E-state index >= 15 is 0 Å². The van der Waals surface area contributed by atoms with Crippen LogP contribution in [0, 0.1) is 11.3 Å². The largest absolute Gasteiger partial charge is 0.455 e. The summed E-state index contributed by atoms with van der Waals surface area (Å²) < 4.78 is 33.2. The van der Waals surface area contributed by atoms with Crippen LogP contribution in [-0.4, -0.2) is 30.6 Å². The Bertz CT molecular complexity index is 650. The Labute approximate surface area is 143 Å². The number of benzene rings is 1. The lowest BCUT2D eigenvalue weighted by Crippen LogP contribution is -2.46. The number of halogens is 2. The van der Waals surface area contributed by atoms with E-state index in [9.17, 15) is 23.6 Å². The first kappa shape index (κ1) is 18.6. The van der Waals surface area contributed by atoms with E-state index in [4.69, 9.17) is 4.74 Å². The van der Waals surface area contributed by atoms with Gasteiger partial charge >= 0.3 is 12.6 Å². The van der Waals surface area contributed by atoms with Crippen LogP contribution in [0.5, 0.6) is 5.75 Å². The molecule has 0 unspecified atom stereocenters. The first-order valence-electron chi connectivity index (χ1n) is 7.84. The fraction of sp³-hybridized carbons (Fsp3) is 0.471. The van der Waals surface area contributed by atoms with Crippen molar-refractivity contribution in [3.63, 3.8) is 0 Å². The molecule has 25 heavy (non-hydrogen) atoms. The smallest absolute Gasteiger partial charge is 0.387 e. The van der Waals surface area contributed by atoms with Gasteiger partial charge in [0.2, 0.25) is 0 Å². The van der Waals surface area contributed by atoms with Crippen molar-refractivity contribution in [3.05, 3.63) is 29.8 Å². The number of hydrogen-bond donors (Lipinski definition) is 1. The third-order valence-electron chi connectivity index (χ3n) is 3.91. The molecule has 0 spiro atoms. The molecule has 6 nitrogen and oxygen atoms in total. The quantitative estimate of drug-likeness (QED) is 0.761. The minimum absolute atomic E-state index is 0.00939. The van der Waals surface area contributed by atoms with Crippen molar-refractivity contribution >= 4 is 11.9 Å². The predicted octanol–water partition coefficient (Wildman–Crippen LogP) is 2.33. The molecule has 1 amide bonds. The van der Waals surface area contributed by atoms with Crippen molar-refractivity contribution < 1.29 is 27.8 Å². The Morgan fingerprint density at radius 2 is 1.88 bits per heavy atom. The Morgan fingerprint density at radius 1 is 1.24 bits per heavy atom. The molecule has 1 fully saturated rings. The average molecular weight is 352 g/mol. The lowest BCUT2D eigenvalue weighted by atomic mass is 10.00. The van der Waals surface area contributed by atoms with Gasteiger partial charge in [0.05, 0.1) is 12.5 Å². The molecule has 0 saturated heterocycles. The molecule has 134 valence electrons. The average Bonchev–Trinajstić information content (AvgIpc) is 3.03. The van der Waals surface area contributed by atoms with Gasteiger partial charge in [0, 0.05) is 0 Å². The van der Waals surface area contributed by atoms with Crippen LogP contribution in [0.25, 0.3) is 0 Å². The fourth-order valence-electron chi connectivity index (χ4n) is 2.70. The molecule has 0 aliphatic heterocycles. The highest BCUT2D eigenvalue weighted by Gasteiger charge is 2.35. The summed E-state index contributed by atoms with van der Waals surface area (Å²) in [7, 11) is 0. The maximum absolute atomic E-state index is 12.1. The van der Waals surface area contributed by atoms with Crippen LogP contribution < -0.4 is 10.1 Å². The molecular weight excluding hydrogens is 334 g/mol. The molecule has 1 aromatic carbocycles. The topological polar surface area (TPSA) is 88.4 Å². The molecule has 0 aromatic heterocycles. The number of hydrogen-bond acceptors (Lipinski definition) is 5. The highest BCUT2D eigenvalue weighted by atomic mass is 19.3. The minimum Gasteiger partial charge on any atom is -0.455 e. The third kappa shape index (κ3) is 5.71. The Morgan fingerprint density at radius 3 is 2.44 bits per heavy atom. The van der Waals surface area contributed by atoms with Crippen LogP contribution in [-0.2, 0) is 20.7 Å². The highest BCUT2D eigenvalue weighted by molar-refractivity contribution is 5.82. The van der Waals surface area contributed by atoms with Gasteiger partial charge < -0.3 is 14.8 Å². The van der Waals surface area contributed by atoms with Crippen molar-refractivity contribution in [3.8, 4) is 11.8 Å². The van der Waals surface area contributed by atoms with E-state index in [1.165, 1.54) is 24.3 Å². The van der Waals surface area contributed by atoms with E-state index in [1.54, 1.807) is 0 Å². The summed E-state index contributed by atoms with van der Waals surface area (Å²) in [5.41, 5.74) is -0.319. The van der Waals surface area contributed by atoms with Crippen LogP contribution in [0.3, 0.4) is 0 Å². The number of amides is 1. The van der Waals surface area contributed by atoms with E-state index in [1.807, 2.05) is 0 Å². The molecule has 1 N–H and O–H groups in total. The molecule has 1 aliphatic carbocycles. The molecule has 8 heteroatoms. The third-order valence-corrected chi connectivity index (χ3v) is 3.91. The van der Waals surface area contributed by atoms with E-state index in [0.29, 0.717) is 18.4 Å². The summed E-state index contributed by atoms with van der Waals surface area (Å²) in [5.74, 6) is -1.16. The molecule has 0 heterocycles. The number of ether oxygens (including phenoxy) is 2. The van der Waals surface area contributed by atoms with Gasteiger partial charge in [0.1, 0.15) is 11.3 Å². The van der Waals surface area contributed by atoms with E-state index in [-0.39, 0.29) is 12.2 Å². The molecule has 0 atom stereocenters. The second-order valence-electron chi connectivity index (χ2n) is 5.81. The molecule has 0 radical (unpaired) electrons. The Balaban J connectivity index is 1.76. The summed E-state index contributed by atoms with van der Waals surface area (Å²) in [6.07, 6.45) is 2.83. The summed E-state index contributed by atoms with van der Waals surface area (Å²) in [4.78, 5) is 23.6. The number of nitriles is 1. The van der Waals surface area contributed by atoms with Gasteiger partial charge in [-0.15, -0.1) is 0 Å². The molecule has 2 rings (SSSR count). The van der Waals surface area contributed by atoms with Crippen LogP contribution in [0.1, 0.15) is 31.2 Å². The van der Waals surface area contributed by atoms with E-state index < -0.39 is 30.6 Å². The standard InChI is InChI=1S/C17H18F2N2O4/c18-16(19)25-13-5-3-12(4-6-13)9-15(23)24-10-14(22)21-17(11-20)7-1-2-8-17/h3-6,16H,1-2,7-10H2,(H,21,22). The summed E-state index contributed by atoms with van der Waals surface area (Å²) in [6, 6.07) is 7.67. The van der Waals surface area contributed by atoms with Crippen LogP contribution in [0.15, 0.2) is 24.3 Å². The number of esters is 1. The zero-order valence-corrected chi connectivity index (χ0v) is 13.5. The van der Waals surface area contributed by atoms with E-state index in [0.717, 1.165) is 12.8 Å². The van der Waals surface area contributed by atoms with Gasteiger partial charge in [0.15, 0.2) is 6.61 Å². The van der Waals surface area contributed by atoms with Crippen molar-refractivity contribution in [1.82, 2.24) is 5.32 Å². The molecule has 1 saturated carbocycles. The molecule has 1 aliphatic rings. The number of carbonyl (C=O) groups is 2. The van der Waals surface area contributed by atoms with Gasteiger partial charge in [-0.3, -0.25) is 9.59 Å². The second-order valence-corrected chi connectivity index (χ2v) is 5.81. The van der Waals surface area contributed by atoms with Crippen LogP contribution in [0.4, 0.5) is 8.78 Å². The summed E-state index contributed by atoms with van der Waals surface area (Å²) in [6.45, 7) is -3.37. The normalized spacial score (nSPS) is 15.4. The Kier molecular flexibility index (Phi) is 6.28. The maximum Gasteiger partial charge on any atom is 0.387 e. The monoisotopic (exact) mass is 352 g/mol. The van der Waals surface area contributed by atoms with Gasteiger partial charge in [-0.25, -0.2) is 0 Å². The number of carbonyl (C=O) groups excluding carboxylic acids is 2. The van der Waals surface area contributed by atoms with Gasteiger partial charge in [-0.05, 0) is 43.4 Å². The predicted molar refractivity (Wildman–Crippen MR) is 82.7 cm³/mol. The zero-order chi connectivity index (χ0) is 18.3. The Hall–Kier alpha value is -2.69. The summed E-state index contributed by atoms with van der Waals surface area (Å²) >= 11 is 0. The van der Waals surface area contributed by atoms with Crippen molar-refractivity contribution in [2.75, 3.05) is 6.61 Å². The molecule has 1 aromatic rings. The van der Waals surface area contributed by atoms with Gasteiger partial charge in [-0.2, -0.15) is 14.0 Å². The summed E-state index contributed by atoms with van der Waals surface area (Å²) in [5, 5.41) is 11.8. The zero-order valence-electron chi connectivity index (χ0n) is 13.5. The second kappa shape index (κ2) is 8.42. The first-order chi connectivity index (χ1) is 11.9. The fourth-order valence-corrected chi connectivity index (χ4v) is 2.70. The lowest BCUT2D eigenvalue weighted by molar-refractivity contribution is -0.148. The maximum atomic E-state index is 12.1. The van der Waals surface area contributed by atoms with Crippen molar-refractivity contribution in [2.45, 2.75) is 44.3 Å². The van der Waals surface area contributed by atoms with Crippen LogP contribution in [0.2, 0.25) is 0 Å². The number of nitrogens with zero attached hydrogens (tertiary/aromatic N) is 1.